The summed E-state index contributed by atoms with van der Waals surface area (Å²) in [4.78, 5) is 24.6. The number of carbonyl (C=O) groups is 2. The fourth-order valence-electron chi connectivity index (χ4n) is 2.85. The molecule has 1 amide bonds. The Hall–Kier alpha value is -3.52. The van der Waals surface area contributed by atoms with E-state index in [0.29, 0.717) is 27.4 Å². The van der Waals surface area contributed by atoms with Crippen molar-refractivity contribution in [1.82, 2.24) is 0 Å². The van der Waals surface area contributed by atoms with E-state index in [-0.39, 0.29) is 12.3 Å². The normalized spacial score (nSPS) is 11.1. The Balaban J connectivity index is 1.83. The molecule has 0 spiro atoms. The zero-order chi connectivity index (χ0) is 22.6. The maximum absolute atomic E-state index is 12.3. The number of halogens is 4. The van der Waals surface area contributed by atoms with Crippen LogP contribution in [0.3, 0.4) is 0 Å². The second kappa shape index (κ2) is 9.09. The highest BCUT2D eigenvalue weighted by Crippen LogP contribution is 2.28. The lowest BCUT2D eigenvalue weighted by Gasteiger charge is -2.21. The highest BCUT2D eigenvalue weighted by molar-refractivity contribution is 6.37. The maximum atomic E-state index is 12.3. The molecule has 160 valence electrons. The van der Waals surface area contributed by atoms with Gasteiger partial charge in [0.25, 0.3) is 0 Å². The van der Waals surface area contributed by atoms with Gasteiger partial charge in [-0.2, -0.15) is 0 Å². The van der Waals surface area contributed by atoms with Crippen molar-refractivity contribution in [2.24, 2.45) is 0 Å². The summed E-state index contributed by atoms with van der Waals surface area (Å²) >= 11 is 5.86. The number of nitrogens with zero attached hydrogens (tertiary/aromatic N) is 1. The number of benzene rings is 3. The Kier molecular flexibility index (Phi) is 6.50. The smallest absolute Gasteiger partial charge is 0.474 e. The number of amides is 1. The number of ether oxygens (including phenoxy) is 1. The molecule has 1 N–H and O–H groups in total. The van der Waals surface area contributed by atoms with Gasteiger partial charge in [-0.1, -0.05) is 48.0 Å². The maximum Gasteiger partial charge on any atom is 0.573 e. The lowest BCUT2D eigenvalue weighted by atomic mass is 10.0. The van der Waals surface area contributed by atoms with Crippen LogP contribution in [0.5, 0.6) is 5.75 Å². The standard InChI is InChI=1S/C22H15ClF3NO4/c23-17-7-1-14(2-8-17)13-27(20(28)21(29)30)18-9-3-15(4-10-18)16-5-11-19(12-6-16)31-22(24,25)26/h1-12H,13H2,(H,29,30). The Morgan fingerprint density at radius 3 is 1.87 bits per heavy atom. The molecule has 9 heteroatoms. The molecule has 0 aliphatic heterocycles. The number of hydrogen-bond acceptors (Lipinski definition) is 3. The predicted octanol–water partition coefficient (Wildman–Crippen LogP) is 5.52. The number of carbonyl (C=O) groups excluding carboxylic acids is 1. The number of hydrogen-bond donors (Lipinski definition) is 1. The van der Waals surface area contributed by atoms with Crippen LogP contribution in [0.25, 0.3) is 11.1 Å². The topological polar surface area (TPSA) is 66.8 Å². The van der Waals surface area contributed by atoms with Gasteiger partial charge in [0.2, 0.25) is 0 Å². The second-order valence-electron chi connectivity index (χ2n) is 6.44. The van der Waals surface area contributed by atoms with Crippen LogP contribution >= 0.6 is 11.6 Å². The number of aliphatic carboxylic acids is 1. The van der Waals surface area contributed by atoms with Crippen molar-refractivity contribution < 1.29 is 32.6 Å². The van der Waals surface area contributed by atoms with Crippen LogP contribution < -0.4 is 9.64 Å². The van der Waals surface area contributed by atoms with Crippen molar-refractivity contribution in [1.29, 1.82) is 0 Å². The Labute approximate surface area is 180 Å². The molecule has 0 bridgehead atoms. The third-order valence-electron chi connectivity index (χ3n) is 4.28. The summed E-state index contributed by atoms with van der Waals surface area (Å²) in [5.74, 6) is -3.04. The quantitative estimate of drug-likeness (QED) is 0.520. The Morgan fingerprint density at radius 2 is 1.39 bits per heavy atom. The highest BCUT2D eigenvalue weighted by atomic mass is 35.5. The van der Waals surface area contributed by atoms with Crippen molar-refractivity contribution in [2.45, 2.75) is 12.9 Å². The van der Waals surface area contributed by atoms with E-state index in [0.717, 1.165) is 4.90 Å². The zero-order valence-electron chi connectivity index (χ0n) is 15.8. The second-order valence-corrected chi connectivity index (χ2v) is 6.88. The summed E-state index contributed by atoms with van der Waals surface area (Å²) in [5.41, 5.74) is 2.32. The number of carboxylic acids is 1. The van der Waals surface area contributed by atoms with Gasteiger partial charge >= 0.3 is 18.2 Å². The summed E-state index contributed by atoms with van der Waals surface area (Å²) in [6.45, 7) is 0.0190. The van der Waals surface area contributed by atoms with Gasteiger partial charge in [-0.05, 0) is 53.1 Å². The summed E-state index contributed by atoms with van der Waals surface area (Å²) in [6, 6.07) is 18.3. The fourth-order valence-corrected chi connectivity index (χ4v) is 2.98. The van der Waals surface area contributed by atoms with Crippen molar-refractivity contribution in [3.05, 3.63) is 83.4 Å². The molecule has 3 aromatic rings. The van der Waals surface area contributed by atoms with Gasteiger partial charge in [0.05, 0.1) is 6.54 Å². The van der Waals surface area contributed by atoms with E-state index >= 15 is 0 Å². The van der Waals surface area contributed by atoms with Crippen LogP contribution in [0.2, 0.25) is 5.02 Å². The molecule has 31 heavy (non-hydrogen) atoms. The first-order valence-corrected chi connectivity index (χ1v) is 9.26. The van der Waals surface area contributed by atoms with Crippen molar-refractivity contribution in [2.75, 3.05) is 4.90 Å². The molecule has 0 unspecified atom stereocenters. The van der Waals surface area contributed by atoms with E-state index in [1.807, 2.05) is 0 Å². The third-order valence-corrected chi connectivity index (χ3v) is 4.53. The zero-order valence-corrected chi connectivity index (χ0v) is 16.5. The average molecular weight is 450 g/mol. The van der Waals surface area contributed by atoms with Crippen LogP contribution in [0.15, 0.2) is 72.8 Å². The molecule has 0 aliphatic rings. The van der Waals surface area contributed by atoms with E-state index in [2.05, 4.69) is 4.74 Å². The summed E-state index contributed by atoms with van der Waals surface area (Å²) in [6.07, 6.45) is -4.77. The first-order valence-electron chi connectivity index (χ1n) is 8.88. The van der Waals surface area contributed by atoms with Crippen LogP contribution in [-0.4, -0.2) is 23.3 Å². The van der Waals surface area contributed by atoms with Crippen LogP contribution in [0.4, 0.5) is 18.9 Å². The van der Waals surface area contributed by atoms with E-state index in [1.54, 1.807) is 48.5 Å². The number of rotatable bonds is 5. The number of anilines is 1. The molecule has 0 fully saturated rings. The molecule has 3 aromatic carbocycles. The average Bonchev–Trinajstić information content (AvgIpc) is 2.72. The van der Waals surface area contributed by atoms with Gasteiger partial charge in [0.1, 0.15) is 5.75 Å². The molecule has 0 heterocycles. The number of carboxylic acid groups (broad SMARTS) is 1. The Morgan fingerprint density at radius 1 is 0.871 bits per heavy atom. The molecule has 0 saturated carbocycles. The molecule has 5 nitrogen and oxygen atoms in total. The van der Waals surface area contributed by atoms with Gasteiger partial charge in [0, 0.05) is 10.7 Å². The fraction of sp³-hybridized carbons (Fsp3) is 0.0909. The van der Waals surface area contributed by atoms with E-state index < -0.39 is 18.2 Å². The van der Waals surface area contributed by atoms with E-state index in [9.17, 15) is 27.9 Å². The third kappa shape index (κ3) is 5.99. The van der Waals surface area contributed by atoms with Crippen molar-refractivity contribution in [3.63, 3.8) is 0 Å². The Bertz CT molecular complexity index is 1070. The van der Waals surface area contributed by atoms with Gasteiger partial charge in [0.15, 0.2) is 0 Å². The number of alkyl halides is 3. The minimum atomic E-state index is -4.77. The van der Waals surface area contributed by atoms with Crippen LogP contribution in [0, 0.1) is 0 Å². The first-order chi connectivity index (χ1) is 14.6. The van der Waals surface area contributed by atoms with Gasteiger partial charge in [-0.15, -0.1) is 13.2 Å². The molecule has 0 aliphatic carbocycles. The largest absolute Gasteiger partial charge is 0.573 e. The SMILES string of the molecule is O=C(O)C(=O)N(Cc1ccc(Cl)cc1)c1ccc(-c2ccc(OC(F)(F)F)cc2)cc1. The first kappa shape index (κ1) is 22.2. The summed E-state index contributed by atoms with van der Waals surface area (Å²) < 4.78 is 40.7. The molecule has 3 rings (SSSR count). The lowest BCUT2D eigenvalue weighted by molar-refractivity contribution is -0.274. The summed E-state index contributed by atoms with van der Waals surface area (Å²) in [5, 5.41) is 9.68. The molecular weight excluding hydrogens is 435 g/mol. The highest BCUT2D eigenvalue weighted by Gasteiger charge is 2.31. The minimum Gasteiger partial charge on any atom is -0.474 e. The van der Waals surface area contributed by atoms with E-state index in [1.165, 1.54) is 24.3 Å². The monoisotopic (exact) mass is 449 g/mol. The minimum absolute atomic E-state index is 0.0190. The molecule has 0 aromatic heterocycles. The lowest BCUT2D eigenvalue weighted by Crippen LogP contribution is -2.36. The molecule has 0 radical (unpaired) electrons. The van der Waals surface area contributed by atoms with Gasteiger partial charge in [-0.3, -0.25) is 9.69 Å². The molecule has 0 saturated heterocycles. The van der Waals surface area contributed by atoms with Gasteiger partial charge < -0.3 is 9.84 Å². The van der Waals surface area contributed by atoms with Gasteiger partial charge in [-0.25, -0.2) is 4.79 Å². The van der Waals surface area contributed by atoms with Crippen LogP contribution in [0.1, 0.15) is 5.56 Å². The van der Waals surface area contributed by atoms with Crippen molar-refractivity contribution in [3.8, 4) is 16.9 Å². The van der Waals surface area contributed by atoms with E-state index in [4.69, 9.17) is 11.6 Å². The molecular formula is C22H15ClF3NO4. The van der Waals surface area contributed by atoms with Crippen LogP contribution in [-0.2, 0) is 16.1 Å². The summed E-state index contributed by atoms with van der Waals surface area (Å²) in [7, 11) is 0. The molecule has 0 atom stereocenters. The van der Waals surface area contributed by atoms with Crippen molar-refractivity contribution >= 4 is 29.2 Å². The predicted molar refractivity (Wildman–Crippen MR) is 109 cm³/mol.